The SMILES string of the molecule is c1ccc(-c2cc(-c3ccccc3)c3c(c2)c2cc(-c4ccc5c(c4)c4ccccc4n5-c4ccccc4)ccc2n3-c2cccc3ccccc23)cc1. The Kier molecular flexibility index (Phi) is 6.90. The maximum atomic E-state index is 2.50. The van der Waals surface area contributed by atoms with E-state index in [1.165, 1.54) is 99.1 Å². The topological polar surface area (TPSA) is 9.86 Å². The van der Waals surface area contributed by atoms with E-state index in [1.807, 2.05) is 0 Å². The molecule has 54 heavy (non-hydrogen) atoms. The van der Waals surface area contributed by atoms with Gasteiger partial charge in [-0.15, -0.1) is 0 Å². The molecule has 0 aliphatic rings. The van der Waals surface area contributed by atoms with Gasteiger partial charge in [0.2, 0.25) is 0 Å². The summed E-state index contributed by atoms with van der Waals surface area (Å²) in [6.07, 6.45) is 0. The van der Waals surface area contributed by atoms with Crippen LogP contribution >= 0.6 is 0 Å². The maximum Gasteiger partial charge on any atom is 0.0620 e. The van der Waals surface area contributed by atoms with E-state index in [-0.39, 0.29) is 0 Å². The average Bonchev–Trinajstić information content (AvgIpc) is 3.76. The largest absolute Gasteiger partial charge is 0.309 e. The molecule has 2 nitrogen and oxygen atoms in total. The minimum absolute atomic E-state index is 1.17. The molecule has 0 bridgehead atoms. The van der Waals surface area contributed by atoms with E-state index in [0.29, 0.717) is 0 Å². The van der Waals surface area contributed by atoms with Crippen molar-refractivity contribution in [2.45, 2.75) is 0 Å². The number of aromatic nitrogens is 2. The number of hydrogen-bond acceptors (Lipinski definition) is 0. The summed E-state index contributed by atoms with van der Waals surface area (Å²) >= 11 is 0. The third-order valence-corrected chi connectivity index (χ3v) is 11.1. The molecular formula is C52H34N2. The van der Waals surface area contributed by atoms with E-state index in [9.17, 15) is 0 Å². The molecule has 0 amide bonds. The van der Waals surface area contributed by atoms with Gasteiger partial charge in [-0.1, -0.05) is 146 Å². The fourth-order valence-corrected chi connectivity index (χ4v) is 8.62. The Morgan fingerprint density at radius 1 is 0.278 bits per heavy atom. The van der Waals surface area contributed by atoms with E-state index >= 15 is 0 Å². The summed E-state index contributed by atoms with van der Waals surface area (Å²) in [5, 5.41) is 7.44. The quantitative estimate of drug-likeness (QED) is 0.171. The Hall–Kier alpha value is -7.16. The predicted octanol–water partition coefficient (Wildman–Crippen LogP) is 14.0. The fraction of sp³-hybridized carbons (Fsp3) is 0. The normalized spacial score (nSPS) is 11.7. The Morgan fingerprint density at radius 2 is 0.815 bits per heavy atom. The number of rotatable bonds is 5. The van der Waals surface area contributed by atoms with Crippen LogP contribution < -0.4 is 0 Å². The van der Waals surface area contributed by atoms with Crippen molar-refractivity contribution in [1.29, 1.82) is 0 Å². The van der Waals surface area contributed by atoms with Crippen molar-refractivity contribution >= 4 is 54.4 Å². The molecule has 252 valence electrons. The molecule has 0 fully saturated rings. The smallest absolute Gasteiger partial charge is 0.0620 e. The monoisotopic (exact) mass is 686 g/mol. The van der Waals surface area contributed by atoms with Gasteiger partial charge < -0.3 is 9.13 Å². The van der Waals surface area contributed by atoms with Crippen LogP contribution in [0.2, 0.25) is 0 Å². The Balaban J connectivity index is 1.22. The highest BCUT2D eigenvalue weighted by atomic mass is 15.0. The van der Waals surface area contributed by atoms with Gasteiger partial charge in [-0.2, -0.15) is 0 Å². The molecule has 11 rings (SSSR count). The summed E-state index contributed by atoms with van der Waals surface area (Å²) in [4.78, 5) is 0. The van der Waals surface area contributed by atoms with Crippen LogP contribution in [0.4, 0.5) is 0 Å². The van der Waals surface area contributed by atoms with Gasteiger partial charge in [-0.3, -0.25) is 0 Å². The van der Waals surface area contributed by atoms with Gasteiger partial charge in [-0.05, 0) is 93.9 Å². The number of fused-ring (bicyclic) bond motifs is 7. The molecule has 0 spiro atoms. The first-order chi connectivity index (χ1) is 26.8. The van der Waals surface area contributed by atoms with E-state index in [4.69, 9.17) is 0 Å². The summed E-state index contributed by atoms with van der Waals surface area (Å²) in [6, 6.07) is 75.3. The molecule has 0 saturated carbocycles. The van der Waals surface area contributed by atoms with E-state index in [2.05, 4.69) is 215 Å². The first-order valence-electron chi connectivity index (χ1n) is 18.6. The molecule has 0 N–H and O–H groups in total. The molecule has 0 saturated heterocycles. The highest BCUT2D eigenvalue weighted by molar-refractivity contribution is 6.17. The van der Waals surface area contributed by atoms with E-state index in [0.717, 1.165) is 0 Å². The van der Waals surface area contributed by atoms with Crippen LogP contribution in [-0.2, 0) is 0 Å². The van der Waals surface area contributed by atoms with Crippen LogP contribution in [-0.4, -0.2) is 9.13 Å². The van der Waals surface area contributed by atoms with Gasteiger partial charge in [0.05, 0.1) is 27.8 Å². The van der Waals surface area contributed by atoms with Crippen LogP contribution in [0.5, 0.6) is 0 Å². The summed E-state index contributed by atoms with van der Waals surface area (Å²) in [5.41, 5.74) is 14.4. The molecule has 2 aromatic heterocycles. The molecule has 0 radical (unpaired) electrons. The average molecular weight is 687 g/mol. The zero-order valence-corrected chi connectivity index (χ0v) is 29.5. The first-order valence-corrected chi connectivity index (χ1v) is 18.6. The summed E-state index contributed by atoms with van der Waals surface area (Å²) < 4.78 is 4.89. The number of benzene rings is 9. The van der Waals surface area contributed by atoms with Crippen molar-refractivity contribution in [3.8, 4) is 44.8 Å². The lowest BCUT2D eigenvalue weighted by Crippen LogP contribution is -1.97. The predicted molar refractivity (Wildman–Crippen MR) is 229 cm³/mol. The molecule has 0 aliphatic heterocycles. The zero-order chi connectivity index (χ0) is 35.6. The molecule has 9 aromatic carbocycles. The van der Waals surface area contributed by atoms with Crippen molar-refractivity contribution in [1.82, 2.24) is 9.13 Å². The lowest BCUT2D eigenvalue weighted by molar-refractivity contribution is 1.18. The van der Waals surface area contributed by atoms with E-state index < -0.39 is 0 Å². The lowest BCUT2D eigenvalue weighted by Gasteiger charge is -2.15. The van der Waals surface area contributed by atoms with Crippen molar-refractivity contribution in [3.05, 3.63) is 206 Å². The molecule has 0 atom stereocenters. The first kappa shape index (κ1) is 30.5. The van der Waals surface area contributed by atoms with Gasteiger partial charge in [0, 0.05) is 38.2 Å². The third kappa shape index (κ3) is 4.74. The van der Waals surface area contributed by atoms with Crippen molar-refractivity contribution < 1.29 is 0 Å². The zero-order valence-electron chi connectivity index (χ0n) is 29.5. The highest BCUT2D eigenvalue weighted by Crippen LogP contribution is 2.44. The fourth-order valence-electron chi connectivity index (χ4n) is 8.62. The molecule has 0 aliphatic carbocycles. The highest BCUT2D eigenvalue weighted by Gasteiger charge is 2.21. The van der Waals surface area contributed by atoms with Gasteiger partial charge >= 0.3 is 0 Å². The molecular weight excluding hydrogens is 653 g/mol. The van der Waals surface area contributed by atoms with Gasteiger partial charge in [0.25, 0.3) is 0 Å². The van der Waals surface area contributed by atoms with Gasteiger partial charge in [0.1, 0.15) is 0 Å². The summed E-state index contributed by atoms with van der Waals surface area (Å²) in [7, 11) is 0. The van der Waals surface area contributed by atoms with Crippen LogP contribution in [0.1, 0.15) is 0 Å². The molecule has 2 heteroatoms. The van der Waals surface area contributed by atoms with Crippen LogP contribution in [0.15, 0.2) is 206 Å². The van der Waals surface area contributed by atoms with Crippen molar-refractivity contribution in [2.24, 2.45) is 0 Å². The third-order valence-electron chi connectivity index (χ3n) is 11.1. The van der Waals surface area contributed by atoms with Crippen LogP contribution in [0, 0.1) is 0 Å². The minimum atomic E-state index is 1.17. The number of nitrogens with zero attached hydrogens (tertiary/aromatic N) is 2. The second-order valence-electron chi connectivity index (χ2n) is 14.1. The standard InChI is InChI=1S/C52H34N2/c1-4-15-35(16-5-1)40-33-44(37-17-6-2-7-18-37)52-47(34-40)46-32-39(28-30-51(46)54(52)48-26-14-20-36-19-10-11-23-42(36)48)38-27-29-50-45(31-38)43-24-12-13-25-49(43)53(50)41-21-8-3-9-22-41/h1-34H. The Morgan fingerprint density at radius 3 is 1.56 bits per heavy atom. The minimum Gasteiger partial charge on any atom is -0.309 e. The Labute approximate surface area is 313 Å². The lowest BCUT2D eigenvalue weighted by atomic mass is 9.94. The van der Waals surface area contributed by atoms with Crippen LogP contribution in [0.25, 0.3) is 99.1 Å². The second kappa shape index (κ2) is 12.2. The van der Waals surface area contributed by atoms with Crippen LogP contribution in [0.3, 0.4) is 0 Å². The number of hydrogen-bond donors (Lipinski definition) is 0. The summed E-state index contributed by atoms with van der Waals surface area (Å²) in [5.74, 6) is 0. The summed E-state index contributed by atoms with van der Waals surface area (Å²) in [6.45, 7) is 0. The number of para-hydroxylation sites is 2. The van der Waals surface area contributed by atoms with Gasteiger partial charge in [0.15, 0.2) is 0 Å². The molecule has 2 heterocycles. The Bertz CT molecular complexity index is 3180. The van der Waals surface area contributed by atoms with Crippen molar-refractivity contribution in [3.63, 3.8) is 0 Å². The molecule has 11 aromatic rings. The van der Waals surface area contributed by atoms with Crippen molar-refractivity contribution in [2.75, 3.05) is 0 Å². The second-order valence-corrected chi connectivity index (χ2v) is 14.1. The molecule has 0 unspecified atom stereocenters. The maximum absolute atomic E-state index is 2.50. The van der Waals surface area contributed by atoms with E-state index in [1.54, 1.807) is 0 Å². The van der Waals surface area contributed by atoms with Gasteiger partial charge in [-0.25, -0.2) is 0 Å².